The van der Waals surface area contributed by atoms with Gasteiger partial charge in [-0.3, -0.25) is 15.0 Å². The van der Waals surface area contributed by atoms with Gasteiger partial charge in [-0.2, -0.15) is 0 Å². The zero-order valence-corrected chi connectivity index (χ0v) is 8.05. The first-order valence-electron chi connectivity index (χ1n) is 4.40. The summed E-state index contributed by atoms with van der Waals surface area (Å²) in [7, 11) is 0. The van der Waals surface area contributed by atoms with Crippen LogP contribution in [0.25, 0.3) is 0 Å². The summed E-state index contributed by atoms with van der Waals surface area (Å²) in [6.07, 6.45) is 0. The molecular weight excluding hydrogens is 194 g/mol. The maximum atomic E-state index is 11.3. The normalized spacial score (nSPS) is 13.4. The molecule has 1 aliphatic heterocycles. The summed E-state index contributed by atoms with van der Waals surface area (Å²) >= 11 is 0. The maximum absolute atomic E-state index is 11.3. The second kappa shape index (κ2) is 3.20. The van der Waals surface area contributed by atoms with E-state index >= 15 is 0 Å². The highest BCUT2D eigenvalue weighted by molar-refractivity contribution is 6.22. The Hall–Kier alpha value is -2.17. The lowest BCUT2D eigenvalue weighted by Crippen LogP contribution is -2.19. The van der Waals surface area contributed by atoms with E-state index in [0.29, 0.717) is 16.8 Å². The number of fused-ring (bicyclic) bond motifs is 1. The van der Waals surface area contributed by atoms with Crippen LogP contribution < -0.4 is 10.6 Å². The van der Waals surface area contributed by atoms with Crippen LogP contribution in [0.3, 0.4) is 0 Å². The minimum Gasteiger partial charge on any atom is -0.326 e. The molecule has 0 aliphatic carbocycles. The van der Waals surface area contributed by atoms with Crippen molar-refractivity contribution in [2.24, 2.45) is 0 Å². The summed E-state index contributed by atoms with van der Waals surface area (Å²) in [5, 5.41) is 12.4. The van der Waals surface area contributed by atoms with Gasteiger partial charge in [-0.05, 0) is 18.2 Å². The van der Waals surface area contributed by atoms with Gasteiger partial charge >= 0.3 is 0 Å². The van der Waals surface area contributed by atoms with Crippen LogP contribution in [0.4, 0.5) is 5.69 Å². The first-order chi connectivity index (χ1) is 7.08. The smallest absolute Gasteiger partial charge is 0.257 e. The van der Waals surface area contributed by atoms with Crippen LogP contribution in [0.15, 0.2) is 18.2 Å². The molecule has 0 spiro atoms. The molecule has 1 aromatic rings. The molecule has 76 valence electrons. The number of carbonyl (C=O) groups excluding carboxylic acids is 2. The molecule has 15 heavy (non-hydrogen) atoms. The van der Waals surface area contributed by atoms with E-state index in [9.17, 15) is 9.59 Å². The first-order valence-corrected chi connectivity index (χ1v) is 4.40. The van der Waals surface area contributed by atoms with E-state index in [1.807, 2.05) is 0 Å². The highest BCUT2D eigenvalue weighted by Gasteiger charge is 2.23. The van der Waals surface area contributed by atoms with E-state index in [4.69, 9.17) is 5.41 Å². The second-order valence-electron chi connectivity index (χ2n) is 3.27. The Morgan fingerprint density at radius 1 is 1.40 bits per heavy atom. The lowest BCUT2D eigenvalue weighted by atomic mass is 10.1. The van der Waals surface area contributed by atoms with Gasteiger partial charge in [0.2, 0.25) is 5.91 Å². The molecule has 0 radical (unpaired) electrons. The molecule has 2 amide bonds. The molecule has 5 heteroatoms. The summed E-state index contributed by atoms with van der Waals surface area (Å²) in [6.45, 7) is 1.40. The van der Waals surface area contributed by atoms with Crippen molar-refractivity contribution in [2.45, 2.75) is 6.92 Å². The van der Waals surface area contributed by atoms with Crippen LogP contribution in [0.2, 0.25) is 0 Å². The van der Waals surface area contributed by atoms with Crippen molar-refractivity contribution in [3.8, 4) is 0 Å². The standard InChI is InChI=1S/C10H9N3O2/c1-5(14)12-6-2-3-7-8(4-6)10(15)13-9(7)11/h2-4H,1H3,(H,12,14)(H2,11,13,15). The van der Waals surface area contributed by atoms with E-state index in [2.05, 4.69) is 10.6 Å². The summed E-state index contributed by atoms with van der Waals surface area (Å²) in [4.78, 5) is 22.2. The molecule has 0 atom stereocenters. The molecular formula is C10H9N3O2. The van der Waals surface area contributed by atoms with E-state index in [1.165, 1.54) is 6.92 Å². The van der Waals surface area contributed by atoms with Gasteiger partial charge in [0.1, 0.15) is 5.84 Å². The molecule has 5 nitrogen and oxygen atoms in total. The highest BCUT2D eigenvalue weighted by atomic mass is 16.2. The number of hydrogen-bond donors (Lipinski definition) is 3. The van der Waals surface area contributed by atoms with Crippen molar-refractivity contribution in [1.29, 1.82) is 5.41 Å². The number of rotatable bonds is 1. The number of hydrogen-bond acceptors (Lipinski definition) is 3. The third kappa shape index (κ3) is 1.59. The van der Waals surface area contributed by atoms with Crippen molar-refractivity contribution in [1.82, 2.24) is 5.32 Å². The molecule has 0 fully saturated rings. The van der Waals surface area contributed by atoms with Crippen molar-refractivity contribution in [2.75, 3.05) is 5.32 Å². The molecule has 2 rings (SSSR count). The number of benzene rings is 1. The third-order valence-electron chi connectivity index (χ3n) is 2.09. The molecule has 1 heterocycles. The number of nitrogens with one attached hydrogen (secondary N) is 3. The lowest BCUT2D eigenvalue weighted by Gasteiger charge is -2.02. The second-order valence-corrected chi connectivity index (χ2v) is 3.27. The molecule has 0 bridgehead atoms. The average molecular weight is 203 g/mol. The zero-order valence-electron chi connectivity index (χ0n) is 8.05. The Morgan fingerprint density at radius 2 is 2.13 bits per heavy atom. The minimum absolute atomic E-state index is 0.101. The van der Waals surface area contributed by atoms with Crippen LogP contribution >= 0.6 is 0 Å². The Bertz CT molecular complexity index is 480. The Balaban J connectivity index is 2.42. The maximum Gasteiger partial charge on any atom is 0.257 e. The summed E-state index contributed by atoms with van der Waals surface area (Å²) in [5.41, 5.74) is 1.55. The van der Waals surface area contributed by atoms with Crippen molar-refractivity contribution in [3.63, 3.8) is 0 Å². The molecule has 1 aromatic carbocycles. The molecule has 0 saturated heterocycles. The van der Waals surface area contributed by atoms with Crippen LogP contribution in [-0.4, -0.2) is 17.6 Å². The zero-order chi connectivity index (χ0) is 11.0. The highest BCUT2D eigenvalue weighted by Crippen LogP contribution is 2.19. The Kier molecular flexibility index (Phi) is 2.00. The van der Waals surface area contributed by atoms with Gasteiger partial charge in [-0.15, -0.1) is 0 Å². The summed E-state index contributed by atoms with van der Waals surface area (Å²) in [6, 6.07) is 4.86. The molecule has 0 aromatic heterocycles. The number of amides is 2. The van der Waals surface area contributed by atoms with Gasteiger partial charge < -0.3 is 10.6 Å². The van der Waals surface area contributed by atoms with Gasteiger partial charge in [-0.25, -0.2) is 0 Å². The molecule has 1 aliphatic rings. The van der Waals surface area contributed by atoms with Crippen molar-refractivity contribution in [3.05, 3.63) is 29.3 Å². The lowest BCUT2D eigenvalue weighted by molar-refractivity contribution is -0.114. The quantitative estimate of drug-likeness (QED) is 0.628. The number of amidine groups is 1. The molecule has 3 N–H and O–H groups in total. The van der Waals surface area contributed by atoms with Crippen LogP contribution in [-0.2, 0) is 4.79 Å². The van der Waals surface area contributed by atoms with Gasteiger partial charge in [0.25, 0.3) is 5.91 Å². The average Bonchev–Trinajstić information content (AvgIpc) is 2.41. The number of anilines is 1. The van der Waals surface area contributed by atoms with Gasteiger partial charge in [0, 0.05) is 18.2 Å². The fourth-order valence-corrected chi connectivity index (χ4v) is 1.48. The van der Waals surface area contributed by atoms with Gasteiger partial charge in [-0.1, -0.05) is 0 Å². The molecule has 0 saturated carbocycles. The SMILES string of the molecule is CC(=O)Nc1ccc2c(c1)C(=O)NC2=N. The van der Waals surface area contributed by atoms with Crippen LogP contribution in [0.5, 0.6) is 0 Å². The van der Waals surface area contributed by atoms with Crippen molar-refractivity contribution >= 4 is 23.3 Å². The van der Waals surface area contributed by atoms with Gasteiger partial charge in [0.05, 0.1) is 5.56 Å². The topological polar surface area (TPSA) is 82.1 Å². The third-order valence-corrected chi connectivity index (χ3v) is 2.09. The predicted octanol–water partition coefficient (Wildman–Crippen LogP) is 0.714. The van der Waals surface area contributed by atoms with Crippen molar-refractivity contribution < 1.29 is 9.59 Å². The summed E-state index contributed by atoms with van der Waals surface area (Å²) in [5.74, 6) is -0.394. The minimum atomic E-state index is -0.304. The Morgan fingerprint density at radius 3 is 2.80 bits per heavy atom. The first kappa shape index (κ1) is 9.39. The predicted molar refractivity (Wildman–Crippen MR) is 55.0 cm³/mol. The van der Waals surface area contributed by atoms with Crippen LogP contribution in [0, 0.1) is 5.41 Å². The number of carbonyl (C=O) groups is 2. The Labute approximate surface area is 86.0 Å². The fraction of sp³-hybridized carbons (Fsp3) is 0.100. The van der Waals surface area contributed by atoms with Crippen LogP contribution in [0.1, 0.15) is 22.8 Å². The van der Waals surface area contributed by atoms with E-state index in [1.54, 1.807) is 18.2 Å². The molecule has 0 unspecified atom stereocenters. The summed E-state index contributed by atoms with van der Waals surface area (Å²) < 4.78 is 0. The van der Waals surface area contributed by atoms with E-state index < -0.39 is 0 Å². The largest absolute Gasteiger partial charge is 0.326 e. The van der Waals surface area contributed by atoms with Gasteiger partial charge in [0.15, 0.2) is 0 Å². The fourth-order valence-electron chi connectivity index (χ4n) is 1.48. The van der Waals surface area contributed by atoms with E-state index in [-0.39, 0.29) is 17.6 Å². The monoisotopic (exact) mass is 203 g/mol. The van der Waals surface area contributed by atoms with E-state index in [0.717, 1.165) is 0 Å².